The summed E-state index contributed by atoms with van der Waals surface area (Å²) >= 11 is 0. The van der Waals surface area contributed by atoms with Gasteiger partial charge in [0.15, 0.2) is 5.82 Å². The molecule has 0 fully saturated rings. The summed E-state index contributed by atoms with van der Waals surface area (Å²) in [5, 5.41) is 9.80. The quantitative estimate of drug-likeness (QED) is 0.781. The van der Waals surface area contributed by atoms with E-state index in [1.54, 1.807) is 0 Å². The third-order valence-corrected chi connectivity index (χ3v) is 4.25. The molecule has 1 aliphatic carbocycles. The molecule has 114 valence electrons. The highest BCUT2D eigenvalue weighted by Crippen LogP contribution is 2.31. The predicted octanol–water partition coefficient (Wildman–Crippen LogP) is 2.89. The van der Waals surface area contributed by atoms with Gasteiger partial charge < -0.3 is 5.32 Å². The average Bonchev–Trinajstić information content (AvgIpc) is 3.25. The molecular weight excluding hydrogens is 288 g/mol. The molecule has 0 aliphatic heterocycles. The number of hydrogen-bond donors (Lipinski definition) is 2. The van der Waals surface area contributed by atoms with Crippen molar-refractivity contribution in [3.05, 3.63) is 71.5 Å². The Balaban J connectivity index is 1.55. The van der Waals surface area contributed by atoms with Gasteiger partial charge in [0, 0.05) is 11.1 Å². The van der Waals surface area contributed by atoms with Gasteiger partial charge >= 0.3 is 0 Å². The van der Waals surface area contributed by atoms with Crippen molar-refractivity contribution in [3.8, 4) is 11.4 Å². The maximum absolute atomic E-state index is 12.6. The fraction of sp³-hybridized carbons (Fsp3) is 0.167. The molecule has 5 heteroatoms. The van der Waals surface area contributed by atoms with Crippen molar-refractivity contribution in [2.24, 2.45) is 0 Å². The van der Waals surface area contributed by atoms with Crippen molar-refractivity contribution < 1.29 is 4.79 Å². The first-order valence-corrected chi connectivity index (χ1v) is 7.66. The molecular formula is C18H16N4O. The second-order valence-electron chi connectivity index (χ2n) is 5.68. The van der Waals surface area contributed by atoms with Crippen LogP contribution in [0.3, 0.4) is 0 Å². The molecule has 1 amide bonds. The number of amides is 1. The van der Waals surface area contributed by atoms with Crippen molar-refractivity contribution in [1.29, 1.82) is 0 Å². The molecule has 0 saturated heterocycles. The third-order valence-electron chi connectivity index (χ3n) is 4.25. The van der Waals surface area contributed by atoms with Gasteiger partial charge in [0.05, 0.1) is 6.04 Å². The zero-order valence-corrected chi connectivity index (χ0v) is 12.5. The van der Waals surface area contributed by atoms with Crippen molar-refractivity contribution >= 4 is 5.91 Å². The molecule has 2 N–H and O–H groups in total. The summed E-state index contributed by atoms with van der Waals surface area (Å²) in [6.45, 7) is 0. The van der Waals surface area contributed by atoms with Crippen molar-refractivity contribution in [3.63, 3.8) is 0 Å². The van der Waals surface area contributed by atoms with Crippen LogP contribution in [-0.2, 0) is 6.42 Å². The molecule has 0 bridgehead atoms. The molecule has 0 spiro atoms. The summed E-state index contributed by atoms with van der Waals surface area (Å²) in [6.07, 6.45) is 3.42. The Hall–Kier alpha value is -2.95. The molecule has 1 atom stereocenters. The topological polar surface area (TPSA) is 70.7 Å². The SMILES string of the molecule is O=C(NC1CCc2ccccc21)c1cccc(-c2ncn[nH]2)c1. The normalized spacial score (nSPS) is 16.1. The Morgan fingerprint density at radius 3 is 2.96 bits per heavy atom. The number of carbonyl (C=O) groups excluding carboxylic acids is 1. The molecule has 5 nitrogen and oxygen atoms in total. The van der Waals surface area contributed by atoms with E-state index >= 15 is 0 Å². The van der Waals surface area contributed by atoms with Crippen molar-refractivity contribution in [1.82, 2.24) is 20.5 Å². The van der Waals surface area contributed by atoms with Crippen LogP contribution in [0.4, 0.5) is 0 Å². The van der Waals surface area contributed by atoms with Gasteiger partial charge in [0.1, 0.15) is 6.33 Å². The minimum absolute atomic E-state index is 0.0620. The number of hydrogen-bond acceptors (Lipinski definition) is 3. The summed E-state index contributed by atoms with van der Waals surface area (Å²) in [5.74, 6) is 0.596. The summed E-state index contributed by atoms with van der Waals surface area (Å²) in [6, 6.07) is 15.8. The van der Waals surface area contributed by atoms with E-state index < -0.39 is 0 Å². The largest absolute Gasteiger partial charge is 0.345 e. The van der Waals surface area contributed by atoms with Gasteiger partial charge in [-0.05, 0) is 36.1 Å². The highest BCUT2D eigenvalue weighted by Gasteiger charge is 2.23. The van der Waals surface area contributed by atoms with Crippen LogP contribution in [0.2, 0.25) is 0 Å². The van der Waals surface area contributed by atoms with Crippen LogP contribution in [0.5, 0.6) is 0 Å². The van der Waals surface area contributed by atoms with Crippen molar-refractivity contribution in [2.45, 2.75) is 18.9 Å². The van der Waals surface area contributed by atoms with E-state index in [0.717, 1.165) is 18.4 Å². The number of fused-ring (bicyclic) bond motifs is 1. The van der Waals surface area contributed by atoms with E-state index in [1.165, 1.54) is 17.5 Å². The number of carbonyl (C=O) groups is 1. The Bertz CT molecular complexity index is 842. The van der Waals surface area contributed by atoms with Gasteiger partial charge in [0.2, 0.25) is 0 Å². The second-order valence-corrected chi connectivity index (χ2v) is 5.68. The summed E-state index contributed by atoms with van der Waals surface area (Å²) in [5.41, 5.74) is 4.03. The number of rotatable bonds is 3. The summed E-state index contributed by atoms with van der Waals surface area (Å²) < 4.78 is 0. The monoisotopic (exact) mass is 304 g/mol. The van der Waals surface area contributed by atoms with E-state index in [2.05, 4.69) is 32.6 Å². The van der Waals surface area contributed by atoms with Gasteiger partial charge in [-0.25, -0.2) is 4.98 Å². The standard InChI is InChI=1S/C18H16N4O/c23-18(21-16-9-8-12-4-1-2-7-15(12)16)14-6-3-5-13(10-14)17-19-11-20-22-17/h1-7,10-11,16H,8-9H2,(H,21,23)(H,19,20,22). The second kappa shape index (κ2) is 5.68. The lowest BCUT2D eigenvalue weighted by Gasteiger charge is -2.14. The zero-order chi connectivity index (χ0) is 15.6. The van der Waals surface area contributed by atoms with E-state index in [1.807, 2.05) is 36.4 Å². The van der Waals surface area contributed by atoms with Gasteiger partial charge in [-0.3, -0.25) is 9.89 Å². The number of benzene rings is 2. The van der Waals surface area contributed by atoms with Crippen LogP contribution in [0.25, 0.3) is 11.4 Å². The van der Waals surface area contributed by atoms with E-state index in [4.69, 9.17) is 0 Å². The van der Waals surface area contributed by atoms with Crippen LogP contribution in [0, 0.1) is 0 Å². The fourth-order valence-corrected chi connectivity index (χ4v) is 3.10. The maximum atomic E-state index is 12.6. The molecule has 2 aromatic carbocycles. The first kappa shape index (κ1) is 13.7. The average molecular weight is 304 g/mol. The molecule has 0 saturated carbocycles. The van der Waals surface area contributed by atoms with E-state index in [0.29, 0.717) is 11.4 Å². The Labute approximate surface area is 133 Å². The molecule has 1 aliphatic rings. The Morgan fingerprint density at radius 2 is 2.09 bits per heavy atom. The highest BCUT2D eigenvalue weighted by molar-refractivity contribution is 5.95. The molecule has 1 aromatic heterocycles. The molecule has 3 aromatic rings. The van der Waals surface area contributed by atoms with Crippen LogP contribution in [0.1, 0.15) is 33.9 Å². The highest BCUT2D eigenvalue weighted by atomic mass is 16.1. The molecule has 0 radical (unpaired) electrons. The summed E-state index contributed by atoms with van der Waals surface area (Å²) in [4.78, 5) is 16.7. The number of aryl methyl sites for hydroxylation is 1. The predicted molar refractivity (Wildman–Crippen MR) is 86.8 cm³/mol. The molecule has 1 heterocycles. The minimum Gasteiger partial charge on any atom is -0.345 e. The van der Waals surface area contributed by atoms with Gasteiger partial charge in [-0.15, -0.1) is 0 Å². The van der Waals surface area contributed by atoms with Gasteiger partial charge in [-0.1, -0.05) is 36.4 Å². The smallest absolute Gasteiger partial charge is 0.251 e. The van der Waals surface area contributed by atoms with Crippen LogP contribution >= 0.6 is 0 Å². The minimum atomic E-state index is -0.0620. The lowest BCUT2D eigenvalue weighted by molar-refractivity contribution is 0.0937. The first-order chi connectivity index (χ1) is 11.3. The Kier molecular flexibility index (Phi) is 3.38. The van der Waals surface area contributed by atoms with Crippen LogP contribution < -0.4 is 5.32 Å². The molecule has 23 heavy (non-hydrogen) atoms. The first-order valence-electron chi connectivity index (χ1n) is 7.66. The number of aromatic nitrogens is 3. The number of aromatic amines is 1. The molecule has 4 rings (SSSR count). The van der Waals surface area contributed by atoms with E-state index in [9.17, 15) is 4.79 Å². The lowest BCUT2D eigenvalue weighted by Crippen LogP contribution is -2.27. The van der Waals surface area contributed by atoms with Crippen LogP contribution in [0.15, 0.2) is 54.9 Å². The number of nitrogens with zero attached hydrogens (tertiary/aromatic N) is 2. The van der Waals surface area contributed by atoms with Gasteiger partial charge in [0.25, 0.3) is 5.91 Å². The maximum Gasteiger partial charge on any atom is 0.251 e. The van der Waals surface area contributed by atoms with E-state index in [-0.39, 0.29) is 11.9 Å². The molecule has 1 unspecified atom stereocenters. The number of H-pyrrole nitrogens is 1. The lowest BCUT2D eigenvalue weighted by atomic mass is 10.1. The summed E-state index contributed by atoms with van der Waals surface area (Å²) in [7, 11) is 0. The van der Waals surface area contributed by atoms with Crippen molar-refractivity contribution in [2.75, 3.05) is 0 Å². The van der Waals surface area contributed by atoms with Crippen LogP contribution in [-0.4, -0.2) is 21.1 Å². The third kappa shape index (κ3) is 2.61. The zero-order valence-electron chi connectivity index (χ0n) is 12.5. The number of nitrogens with one attached hydrogen (secondary N) is 2. The fourth-order valence-electron chi connectivity index (χ4n) is 3.10. The van der Waals surface area contributed by atoms with Gasteiger partial charge in [-0.2, -0.15) is 5.10 Å². The Morgan fingerprint density at radius 1 is 1.17 bits per heavy atom.